The molecule has 0 saturated heterocycles. The van der Waals surface area contributed by atoms with Gasteiger partial charge in [-0.05, 0) is 0 Å². The van der Waals surface area contributed by atoms with Crippen LogP contribution < -0.4 is 0 Å². The van der Waals surface area contributed by atoms with Crippen molar-refractivity contribution in [1.29, 1.82) is 0 Å². The van der Waals surface area contributed by atoms with Crippen LogP contribution in [0.5, 0.6) is 0 Å². The van der Waals surface area contributed by atoms with E-state index in [9.17, 15) is 0 Å². The quantitative estimate of drug-likeness (QED) is 0.360. The summed E-state index contributed by atoms with van der Waals surface area (Å²) in [6.07, 6.45) is 1.19. The molecule has 2 N–H and O–H groups in total. The van der Waals surface area contributed by atoms with Crippen LogP contribution in [0.2, 0.25) is 5.09 Å². The summed E-state index contributed by atoms with van der Waals surface area (Å²) in [7, 11) is -2.93. The zero-order valence-electron chi connectivity index (χ0n) is 6.65. The van der Waals surface area contributed by atoms with Crippen molar-refractivity contribution in [3.8, 4) is 0 Å². The summed E-state index contributed by atoms with van der Waals surface area (Å²) in [5.41, 5.74) is 0. The van der Waals surface area contributed by atoms with Crippen molar-refractivity contribution in [2.24, 2.45) is 0 Å². The van der Waals surface area contributed by atoms with Gasteiger partial charge >= 0.3 is 58.1 Å². The van der Waals surface area contributed by atoms with Gasteiger partial charge in [0, 0.05) is 0 Å². The van der Waals surface area contributed by atoms with Crippen molar-refractivity contribution < 1.29 is 22.3 Å². The van der Waals surface area contributed by atoms with Crippen LogP contribution in [0, 0.1) is 0 Å². The average Bonchev–Trinajstić information content (AvgIpc) is 1.79. The molecule has 0 aromatic rings. The Morgan fingerprint density at radius 3 is 1.91 bits per heavy atom. The Balaban J connectivity index is 0. The molecule has 0 amide bonds. The van der Waals surface area contributed by atoms with Gasteiger partial charge in [-0.25, -0.2) is 0 Å². The Morgan fingerprint density at radius 1 is 1.45 bits per heavy atom. The molecule has 0 radical (unpaired) electrons. The third-order valence-corrected chi connectivity index (χ3v) is 0.702. The molecule has 0 aromatic heterocycles. The summed E-state index contributed by atoms with van der Waals surface area (Å²) in [6.45, 7) is 0.913. The molecule has 0 bridgehead atoms. The minimum atomic E-state index is -4.67. The number of rotatable bonds is 3. The first-order valence-electron chi connectivity index (χ1n) is 3.10. The third kappa shape index (κ3) is 63.0. The number of ether oxygens (including phenoxy) is 1. The molecular weight excluding hydrogens is 167 g/mol. The van der Waals surface area contributed by atoms with E-state index in [0.29, 0.717) is 0 Å². The first kappa shape index (κ1) is 14.0. The standard InChI is InChI=1S/C4H9O.Li.H2O4S/c1-3-4-5-2;;1-5(2,3)4/h1,3-4H2,2H3;;(H2,1,2,3,4). The predicted octanol–water partition coefficient (Wildman–Crippen LogP) is -0.0431. The number of hydrogen-bond donors (Lipinski definition) is 2. The molecule has 0 rings (SSSR count). The van der Waals surface area contributed by atoms with Crippen LogP contribution in [0.1, 0.15) is 6.42 Å². The van der Waals surface area contributed by atoms with Gasteiger partial charge in [-0.1, -0.05) is 0 Å². The molecule has 0 fully saturated rings. The molecular formula is C4H11LiO5S. The van der Waals surface area contributed by atoms with Gasteiger partial charge in [-0.2, -0.15) is 8.42 Å². The van der Waals surface area contributed by atoms with E-state index in [1.807, 2.05) is 0 Å². The Morgan fingerprint density at radius 2 is 1.82 bits per heavy atom. The van der Waals surface area contributed by atoms with E-state index in [1.165, 1.54) is 11.5 Å². The van der Waals surface area contributed by atoms with E-state index >= 15 is 0 Å². The van der Waals surface area contributed by atoms with Crippen molar-refractivity contribution in [2.75, 3.05) is 13.7 Å². The van der Waals surface area contributed by atoms with Crippen LogP contribution in [-0.2, 0) is 15.1 Å². The number of methoxy groups -OCH3 is 1. The Bertz CT molecular complexity index is 142. The monoisotopic (exact) mass is 178 g/mol. The van der Waals surface area contributed by atoms with Crippen LogP contribution in [0.15, 0.2) is 0 Å². The van der Waals surface area contributed by atoms with E-state index in [4.69, 9.17) is 22.3 Å². The molecule has 0 aromatic carbocycles. The molecule has 0 saturated carbocycles. The van der Waals surface area contributed by atoms with Crippen LogP contribution in [0.4, 0.5) is 0 Å². The first-order chi connectivity index (χ1) is 4.91. The first-order valence-corrected chi connectivity index (χ1v) is 4.50. The summed E-state index contributed by atoms with van der Waals surface area (Å²) >= 11 is 2.15. The van der Waals surface area contributed by atoms with Crippen molar-refractivity contribution in [3.05, 3.63) is 0 Å². The van der Waals surface area contributed by atoms with Gasteiger partial charge in [-0.15, -0.1) is 0 Å². The van der Waals surface area contributed by atoms with Gasteiger partial charge in [-0.3, -0.25) is 9.11 Å². The van der Waals surface area contributed by atoms with E-state index < -0.39 is 10.4 Å². The molecule has 0 aliphatic heterocycles. The molecule has 0 atom stereocenters. The van der Waals surface area contributed by atoms with Gasteiger partial charge in [0.25, 0.3) is 0 Å². The van der Waals surface area contributed by atoms with Crippen LogP contribution in [0.25, 0.3) is 0 Å². The fourth-order valence-electron chi connectivity index (χ4n) is 0.289. The topological polar surface area (TPSA) is 83.8 Å². The van der Waals surface area contributed by atoms with Gasteiger partial charge in [0.2, 0.25) is 0 Å². The Kier molecular flexibility index (Phi) is 10.8. The Hall–Kier alpha value is 0.427. The second-order valence-corrected chi connectivity index (χ2v) is 2.69. The summed E-state index contributed by atoms with van der Waals surface area (Å²) < 4.78 is 36.4. The maximum atomic E-state index is 8.74. The van der Waals surface area contributed by atoms with E-state index in [0.717, 1.165) is 6.61 Å². The zero-order chi connectivity index (χ0) is 9.33. The fourth-order valence-corrected chi connectivity index (χ4v) is 0.289. The molecule has 64 valence electrons. The van der Waals surface area contributed by atoms with Crippen LogP contribution >= 0.6 is 0 Å². The summed E-state index contributed by atoms with van der Waals surface area (Å²) in [5.74, 6) is 0. The van der Waals surface area contributed by atoms with Crippen molar-refractivity contribution >= 4 is 28.1 Å². The third-order valence-electron chi connectivity index (χ3n) is 0.702. The predicted molar refractivity (Wildman–Crippen MR) is 41.2 cm³/mol. The minimum absolute atomic E-state index is 0.913. The van der Waals surface area contributed by atoms with E-state index in [2.05, 4.69) is 17.7 Å². The van der Waals surface area contributed by atoms with Crippen molar-refractivity contribution in [1.82, 2.24) is 0 Å². The summed E-state index contributed by atoms with van der Waals surface area (Å²) in [6, 6.07) is 0. The summed E-state index contributed by atoms with van der Waals surface area (Å²) in [4.78, 5) is 0. The van der Waals surface area contributed by atoms with E-state index in [-0.39, 0.29) is 0 Å². The second kappa shape index (κ2) is 8.52. The molecule has 0 aliphatic rings. The van der Waals surface area contributed by atoms with Gasteiger partial charge in [0.15, 0.2) is 0 Å². The molecule has 5 nitrogen and oxygen atoms in total. The fraction of sp³-hybridized carbons (Fsp3) is 1.00. The molecule has 7 heteroatoms. The molecule has 0 spiro atoms. The molecule has 0 heterocycles. The van der Waals surface area contributed by atoms with Gasteiger partial charge in [0.05, 0.1) is 0 Å². The van der Waals surface area contributed by atoms with Crippen LogP contribution in [-0.4, -0.2) is 49.0 Å². The maximum absolute atomic E-state index is 8.74. The molecule has 11 heavy (non-hydrogen) atoms. The Labute approximate surface area is 75.9 Å². The van der Waals surface area contributed by atoms with Crippen LogP contribution in [0.3, 0.4) is 0 Å². The molecule has 0 unspecified atom stereocenters. The normalized spacial score (nSPS) is 10.3. The van der Waals surface area contributed by atoms with Gasteiger partial charge in [0.1, 0.15) is 0 Å². The van der Waals surface area contributed by atoms with Crippen molar-refractivity contribution in [3.63, 3.8) is 0 Å². The second-order valence-electron chi connectivity index (χ2n) is 1.79. The van der Waals surface area contributed by atoms with Crippen molar-refractivity contribution in [2.45, 2.75) is 11.5 Å². The van der Waals surface area contributed by atoms with E-state index in [1.54, 1.807) is 7.11 Å². The molecule has 0 aliphatic carbocycles. The average molecular weight is 178 g/mol. The van der Waals surface area contributed by atoms with Gasteiger partial charge < -0.3 is 0 Å². The summed E-state index contributed by atoms with van der Waals surface area (Å²) in [5, 5.41) is 1.23. The number of hydrogen-bond acceptors (Lipinski definition) is 3. The zero-order valence-corrected chi connectivity index (χ0v) is 7.47. The SMILES string of the molecule is O=S(=O)(O)O.[Li][CH2]CCOC.